The van der Waals surface area contributed by atoms with Gasteiger partial charge in [0.15, 0.2) is 0 Å². The number of halogens is 2. The van der Waals surface area contributed by atoms with Crippen molar-refractivity contribution in [3.8, 4) is 0 Å². The first-order valence-corrected chi connectivity index (χ1v) is 15.8. The van der Waals surface area contributed by atoms with Crippen molar-refractivity contribution in [3.05, 3.63) is 108 Å². The van der Waals surface area contributed by atoms with Crippen LogP contribution in [-0.2, 0) is 30.6 Å². The number of carboxylic acids is 1. The van der Waals surface area contributed by atoms with Crippen LogP contribution in [0.1, 0.15) is 99.8 Å². The van der Waals surface area contributed by atoms with Crippen LogP contribution in [0.3, 0.4) is 0 Å². The van der Waals surface area contributed by atoms with Crippen LogP contribution in [0.2, 0.25) is 0 Å². The lowest BCUT2D eigenvalue weighted by molar-refractivity contribution is -0.142. The zero-order chi connectivity index (χ0) is 35.1. The Kier molecular flexibility index (Phi) is 27.8. The summed E-state index contributed by atoms with van der Waals surface area (Å²) in [5, 5.41) is 8.57. The van der Waals surface area contributed by atoms with Gasteiger partial charge in [0, 0.05) is 14.1 Å². The average molecular weight is 756 g/mol. The predicted molar refractivity (Wildman–Crippen MR) is 205 cm³/mol. The maximum atomic E-state index is 11.9. The smallest absolute Gasteiger partial charge is 0.313 e. The summed E-state index contributed by atoms with van der Waals surface area (Å²) >= 11 is 5.47. The number of rotatable bonds is 6. The van der Waals surface area contributed by atoms with Gasteiger partial charge in [0.2, 0.25) is 11.1 Å². The molecule has 0 aliphatic carbocycles. The highest BCUT2D eigenvalue weighted by Gasteiger charge is 2.31. The number of hydrogen-bond acceptors (Lipinski definition) is 3. The SMILES string of the molecule is CC.CC.CC.CC(C)(C(=O)Cl)c1ccccc1.CC(C)(C(=O)O)c1ccccc1.CN(C)C(=O)C(C)(C)c1ccccc1.I. The van der Waals surface area contributed by atoms with E-state index >= 15 is 0 Å². The number of carbonyl (C=O) groups excluding carboxylic acids is 2. The summed E-state index contributed by atoms with van der Waals surface area (Å²) in [6, 6.07) is 28.6. The second kappa shape index (κ2) is 25.5. The van der Waals surface area contributed by atoms with E-state index in [4.69, 9.17) is 16.7 Å². The van der Waals surface area contributed by atoms with Crippen molar-refractivity contribution in [1.82, 2.24) is 4.90 Å². The van der Waals surface area contributed by atoms with Gasteiger partial charge in [0.1, 0.15) is 0 Å². The molecule has 1 N–H and O–H groups in total. The van der Waals surface area contributed by atoms with Crippen LogP contribution in [0.15, 0.2) is 91.0 Å². The van der Waals surface area contributed by atoms with Crippen LogP contribution in [0.5, 0.6) is 0 Å². The Bertz CT molecular complexity index is 1120. The van der Waals surface area contributed by atoms with Gasteiger partial charge in [-0.1, -0.05) is 133 Å². The minimum absolute atomic E-state index is 0. The quantitative estimate of drug-likeness (QED) is 0.201. The third-order valence-corrected chi connectivity index (χ3v) is 6.93. The molecule has 0 aromatic heterocycles. The Morgan fingerprint density at radius 3 is 1.00 bits per heavy atom. The van der Waals surface area contributed by atoms with E-state index < -0.39 is 22.2 Å². The maximum Gasteiger partial charge on any atom is 0.313 e. The van der Waals surface area contributed by atoms with Crippen molar-refractivity contribution in [2.24, 2.45) is 0 Å². The third kappa shape index (κ3) is 17.0. The van der Waals surface area contributed by atoms with Crippen molar-refractivity contribution in [1.29, 1.82) is 0 Å². The first kappa shape index (κ1) is 49.2. The fourth-order valence-corrected chi connectivity index (χ4v) is 3.59. The highest BCUT2D eigenvalue weighted by molar-refractivity contribution is 14.0. The normalized spacial score (nSPS) is 9.84. The summed E-state index contributed by atoms with van der Waals surface area (Å²) in [6.07, 6.45) is 0. The van der Waals surface area contributed by atoms with Crippen LogP contribution in [0, 0.1) is 0 Å². The van der Waals surface area contributed by atoms with Gasteiger partial charge in [-0.25, -0.2) is 0 Å². The van der Waals surface area contributed by atoms with Crippen LogP contribution >= 0.6 is 35.6 Å². The van der Waals surface area contributed by atoms with E-state index in [1.807, 2.05) is 160 Å². The molecule has 0 bridgehead atoms. The van der Waals surface area contributed by atoms with Gasteiger partial charge in [-0.15, -0.1) is 24.0 Å². The third-order valence-electron chi connectivity index (χ3n) is 6.45. The minimum atomic E-state index is -0.797. The van der Waals surface area contributed by atoms with Crippen LogP contribution in [-0.4, -0.2) is 41.2 Å². The van der Waals surface area contributed by atoms with Crippen LogP contribution < -0.4 is 0 Å². The molecule has 0 aliphatic heterocycles. The second-order valence-electron chi connectivity index (χ2n) is 10.8. The van der Waals surface area contributed by atoms with Crippen LogP contribution in [0.25, 0.3) is 0 Å². The molecule has 3 aromatic carbocycles. The number of nitrogens with zero attached hydrogens (tertiary/aromatic N) is 1. The van der Waals surface area contributed by atoms with E-state index in [1.165, 1.54) is 0 Å². The molecule has 0 heterocycles. The van der Waals surface area contributed by atoms with E-state index in [0.29, 0.717) is 0 Å². The summed E-state index contributed by atoms with van der Waals surface area (Å²) in [5.41, 5.74) is 1.02. The van der Waals surface area contributed by atoms with Crippen molar-refractivity contribution in [2.45, 2.75) is 99.3 Å². The summed E-state index contributed by atoms with van der Waals surface area (Å²) in [7, 11) is 3.57. The van der Waals surface area contributed by atoms with Gasteiger partial charge in [-0.3, -0.25) is 14.4 Å². The molecule has 0 atom stereocenters. The molecular weight excluding hydrogens is 697 g/mol. The van der Waals surface area contributed by atoms with Gasteiger partial charge in [-0.2, -0.15) is 0 Å². The monoisotopic (exact) mass is 755 g/mol. The molecule has 0 aliphatic rings. The minimum Gasteiger partial charge on any atom is -0.481 e. The molecule has 0 fully saturated rings. The zero-order valence-electron chi connectivity index (χ0n) is 30.1. The lowest BCUT2D eigenvalue weighted by Crippen LogP contribution is -2.39. The van der Waals surface area contributed by atoms with E-state index in [9.17, 15) is 14.4 Å². The number of carbonyl (C=O) groups is 3. The molecule has 0 saturated heterocycles. The molecule has 254 valence electrons. The van der Waals surface area contributed by atoms with E-state index in [1.54, 1.807) is 32.8 Å². The first-order valence-electron chi connectivity index (χ1n) is 15.4. The van der Waals surface area contributed by atoms with Gasteiger partial charge in [-0.05, 0) is 69.8 Å². The summed E-state index contributed by atoms with van der Waals surface area (Å²) in [5.74, 6) is -0.669. The van der Waals surface area contributed by atoms with Gasteiger partial charge in [0.25, 0.3) is 0 Å². The zero-order valence-corrected chi connectivity index (χ0v) is 33.2. The first-order chi connectivity index (χ1) is 20.6. The molecule has 1 amide bonds. The second-order valence-corrected chi connectivity index (χ2v) is 11.1. The Morgan fingerprint density at radius 2 is 0.778 bits per heavy atom. The molecular formula is C38H59ClINO4. The predicted octanol–water partition coefficient (Wildman–Crippen LogP) is 10.5. The number of likely N-dealkylation sites (N-methyl/N-ethyl adjacent to an activating group) is 1. The molecule has 3 rings (SSSR count). The summed E-state index contributed by atoms with van der Waals surface area (Å²) in [6.45, 7) is 22.9. The van der Waals surface area contributed by atoms with Gasteiger partial charge < -0.3 is 10.0 Å². The van der Waals surface area contributed by atoms with Crippen molar-refractivity contribution in [3.63, 3.8) is 0 Å². The summed E-state index contributed by atoms with van der Waals surface area (Å²) in [4.78, 5) is 35.4. The highest BCUT2D eigenvalue weighted by atomic mass is 127. The number of hydrogen-bond donors (Lipinski definition) is 1. The number of amides is 1. The lowest BCUT2D eigenvalue weighted by atomic mass is 9.83. The summed E-state index contributed by atoms with van der Waals surface area (Å²) < 4.78 is 0. The maximum absolute atomic E-state index is 11.9. The number of carboxylic acid groups (broad SMARTS) is 1. The molecule has 0 radical (unpaired) electrons. The Hall–Kier alpha value is -2.71. The fraction of sp³-hybridized carbons (Fsp3) is 0.447. The largest absolute Gasteiger partial charge is 0.481 e. The molecule has 3 aromatic rings. The number of benzene rings is 3. The lowest BCUT2D eigenvalue weighted by Gasteiger charge is -2.27. The molecule has 5 nitrogen and oxygen atoms in total. The highest BCUT2D eigenvalue weighted by Crippen LogP contribution is 2.26. The van der Waals surface area contributed by atoms with Gasteiger partial charge >= 0.3 is 5.97 Å². The van der Waals surface area contributed by atoms with Crippen molar-refractivity contribution < 1.29 is 19.5 Å². The fourth-order valence-electron chi connectivity index (χ4n) is 3.48. The van der Waals surface area contributed by atoms with Gasteiger partial charge in [0.05, 0.1) is 16.2 Å². The Morgan fingerprint density at radius 1 is 0.533 bits per heavy atom. The number of aliphatic carboxylic acids is 1. The standard InChI is InChI=1S/C12H17NO.C10H11ClO.C10H12O2.3C2H6.HI/c1-12(2,11(14)13(3)4)10-8-6-5-7-9-10;2*1-10(2,9(11)12)8-6-4-3-5-7-8;3*1-2;/h5-9H,1-4H3;3-7H,1-2H3;3-7H,1-2H3,(H,11,12);3*1-2H3;1H. The van der Waals surface area contributed by atoms with Crippen molar-refractivity contribution in [2.75, 3.05) is 14.1 Å². The average Bonchev–Trinajstić information content (AvgIpc) is 3.05. The molecule has 0 unspecified atom stereocenters. The Balaban J connectivity index is -0.000000256. The van der Waals surface area contributed by atoms with E-state index in [0.717, 1.165) is 16.7 Å². The molecule has 0 saturated carbocycles. The van der Waals surface area contributed by atoms with Crippen molar-refractivity contribution >= 4 is 52.7 Å². The van der Waals surface area contributed by atoms with E-state index in [-0.39, 0.29) is 35.1 Å². The molecule has 7 heteroatoms. The molecule has 45 heavy (non-hydrogen) atoms. The Labute approximate surface area is 296 Å². The topological polar surface area (TPSA) is 74.7 Å². The van der Waals surface area contributed by atoms with E-state index in [2.05, 4.69) is 0 Å². The van der Waals surface area contributed by atoms with Crippen LogP contribution in [0.4, 0.5) is 0 Å². The molecule has 0 spiro atoms.